The summed E-state index contributed by atoms with van der Waals surface area (Å²) in [4.78, 5) is 27.0. The van der Waals surface area contributed by atoms with Crippen molar-refractivity contribution in [2.24, 2.45) is 0 Å². The van der Waals surface area contributed by atoms with Crippen LogP contribution in [0.5, 0.6) is 0 Å². The van der Waals surface area contributed by atoms with Gasteiger partial charge >= 0.3 is 5.97 Å². The van der Waals surface area contributed by atoms with Gasteiger partial charge in [0.2, 0.25) is 5.91 Å². The van der Waals surface area contributed by atoms with Gasteiger partial charge in [-0.15, -0.1) is 11.3 Å². The number of ether oxygens (including phenoxy) is 1. The first-order valence-corrected chi connectivity index (χ1v) is 9.87. The van der Waals surface area contributed by atoms with E-state index in [9.17, 15) is 9.59 Å². The van der Waals surface area contributed by atoms with E-state index in [0.717, 1.165) is 44.3 Å². The number of nitrogens with one attached hydrogen (secondary N) is 1. The Bertz CT molecular complexity index is 587. The molecule has 1 aromatic rings. The first-order chi connectivity index (χ1) is 11.7. The van der Waals surface area contributed by atoms with Crippen molar-refractivity contribution < 1.29 is 14.3 Å². The maximum Gasteiger partial charge on any atom is 0.341 e. The highest BCUT2D eigenvalue weighted by molar-refractivity contribution is 7.15. The first-order valence-electron chi connectivity index (χ1n) is 8.99. The van der Waals surface area contributed by atoms with Crippen molar-refractivity contribution in [2.75, 3.05) is 31.6 Å². The number of hydrogen-bond acceptors (Lipinski definition) is 5. The molecule has 2 fully saturated rings. The quantitative estimate of drug-likeness (QED) is 0.796. The third kappa shape index (κ3) is 4.36. The molecule has 24 heavy (non-hydrogen) atoms. The van der Waals surface area contributed by atoms with Gasteiger partial charge in [-0.05, 0) is 62.6 Å². The molecule has 1 amide bonds. The Morgan fingerprint density at radius 3 is 2.58 bits per heavy atom. The van der Waals surface area contributed by atoms with Gasteiger partial charge in [-0.25, -0.2) is 4.79 Å². The zero-order valence-electron chi connectivity index (χ0n) is 14.3. The van der Waals surface area contributed by atoms with E-state index in [1.807, 2.05) is 5.38 Å². The van der Waals surface area contributed by atoms with E-state index in [1.54, 1.807) is 6.92 Å². The Morgan fingerprint density at radius 2 is 1.96 bits per heavy atom. The van der Waals surface area contributed by atoms with Crippen LogP contribution in [0.25, 0.3) is 0 Å². The highest BCUT2D eigenvalue weighted by Gasteiger charge is 2.32. The molecular weight excluding hydrogens is 324 g/mol. The molecule has 0 aromatic carbocycles. The van der Waals surface area contributed by atoms with E-state index in [2.05, 4.69) is 10.2 Å². The number of nitrogens with zero attached hydrogens (tertiary/aromatic N) is 1. The van der Waals surface area contributed by atoms with E-state index in [0.29, 0.717) is 29.6 Å². The molecule has 0 atom stereocenters. The fourth-order valence-electron chi connectivity index (χ4n) is 3.24. The number of hydrogen-bond donors (Lipinski definition) is 1. The zero-order valence-corrected chi connectivity index (χ0v) is 15.1. The van der Waals surface area contributed by atoms with Gasteiger partial charge in [-0.1, -0.05) is 12.8 Å². The molecule has 1 saturated heterocycles. The van der Waals surface area contributed by atoms with Crippen LogP contribution < -0.4 is 5.32 Å². The SMILES string of the molecule is CCOC(=O)c1c(C2CC2)csc1NC(=O)CN1CCCCCC1. The molecule has 1 aliphatic carbocycles. The van der Waals surface area contributed by atoms with E-state index in [1.165, 1.54) is 24.2 Å². The van der Waals surface area contributed by atoms with E-state index >= 15 is 0 Å². The van der Waals surface area contributed by atoms with Crippen molar-refractivity contribution in [2.45, 2.75) is 51.4 Å². The second-order valence-corrected chi connectivity index (χ2v) is 7.51. The first kappa shape index (κ1) is 17.4. The van der Waals surface area contributed by atoms with Crippen molar-refractivity contribution in [1.29, 1.82) is 0 Å². The molecular formula is C18H26N2O3S. The van der Waals surface area contributed by atoms with E-state index < -0.39 is 0 Å². The van der Waals surface area contributed by atoms with Crippen LogP contribution in [0.1, 0.15) is 67.3 Å². The molecule has 132 valence electrons. The molecule has 0 radical (unpaired) electrons. The maximum atomic E-state index is 12.4. The normalized spacial score (nSPS) is 18.9. The van der Waals surface area contributed by atoms with Gasteiger partial charge < -0.3 is 10.1 Å². The lowest BCUT2D eigenvalue weighted by atomic mass is 10.1. The maximum absolute atomic E-state index is 12.4. The van der Waals surface area contributed by atoms with Gasteiger partial charge in [-0.2, -0.15) is 0 Å². The van der Waals surface area contributed by atoms with Gasteiger partial charge in [0.05, 0.1) is 18.7 Å². The minimum atomic E-state index is -0.314. The highest BCUT2D eigenvalue weighted by Crippen LogP contribution is 2.46. The van der Waals surface area contributed by atoms with Crippen LogP contribution in [0.3, 0.4) is 0 Å². The summed E-state index contributed by atoms with van der Waals surface area (Å²) in [7, 11) is 0. The Labute approximate surface area is 147 Å². The van der Waals surface area contributed by atoms with Crippen LogP contribution in [-0.4, -0.2) is 43.0 Å². The molecule has 6 heteroatoms. The minimum absolute atomic E-state index is 0.0355. The van der Waals surface area contributed by atoms with Crippen LogP contribution in [-0.2, 0) is 9.53 Å². The molecule has 2 heterocycles. The molecule has 2 aliphatic rings. The second-order valence-electron chi connectivity index (χ2n) is 6.63. The number of amides is 1. The molecule has 5 nitrogen and oxygen atoms in total. The lowest BCUT2D eigenvalue weighted by Crippen LogP contribution is -2.34. The standard InChI is InChI=1S/C18H26N2O3S/c1-2-23-18(22)16-14(13-7-8-13)12-24-17(16)19-15(21)11-20-9-5-3-4-6-10-20/h12-13H,2-11H2,1H3,(H,19,21). The molecule has 1 N–H and O–H groups in total. The van der Waals surface area contributed by atoms with Gasteiger partial charge in [0.1, 0.15) is 5.00 Å². The fourth-order valence-corrected chi connectivity index (χ4v) is 4.28. The Kier molecular flexibility index (Phi) is 5.89. The Hall–Kier alpha value is -1.40. The van der Waals surface area contributed by atoms with Crippen LogP contribution >= 0.6 is 11.3 Å². The van der Waals surface area contributed by atoms with E-state index in [4.69, 9.17) is 4.74 Å². The van der Waals surface area contributed by atoms with Gasteiger partial charge in [-0.3, -0.25) is 9.69 Å². The summed E-state index contributed by atoms with van der Waals surface area (Å²) in [6.07, 6.45) is 7.05. The summed E-state index contributed by atoms with van der Waals surface area (Å²) in [5.74, 6) is 0.106. The van der Waals surface area contributed by atoms with Crippen molar-refractivity contribution in [3.8, 4) is 0 Å². The number of thiophene rings is 1. The molecule has 0 spiro atoms. The molecule has 0 bridgehead atoms. The molecule has 1 aromatic heterocycles. The lowest BCUT2D eigenvalue weighted by Gasteiger charge is -2.19. The summed E-state index contributed by atoms with van der Waals surface area (Å²) in [5, 5.41) is 5.61. The number of esters is 1. The average molecular weight is 350 g/mol. The summed E-state index contributed by atoms with van der Waals surface area (Å²) in [6, 6.07) is 0. The van der Waals surface area contributed by atoms with Crippen LogP contribution in [0.4, 0.5) is 5.00 Å². The van der Waals surface area contributed by atoms with Crippen LogP contribution in [0.15, 0.2) is 5.38 Å². The van der Waals surface area contributed by atoms with Crippen molar-refractivity contribution in [3.63, 3.8) is 0 Å². The summed E-state index contributed by atoms with van der Waals surface area (Å²) >= 11 is 1.44. The van der Waals surface area contributed by atoms with Crippen molar-refractivity contribution in [3.05, 3.63) is 16.5 Å². The van der Waals surface area contributed by atoms with Crippen LogP contribution in [0.2, 0.25) is 0 Å². The van der Waals surface area contributed by atoms with Gasteiger partial charge in [0.15, 0.2) is 0 Å². The molecule has 3 rings (SSSR count). The monoisotopic (exact) mass is 350 g/mol. The minimum Gasteiger partial charge on any atom is -0.462 e. The fraction of sp³-hybridized carbons (Fsp3) is 0.667. The van der Waals surface area contributed by atoms with Gasteiger partial charge in [0.25, 0.3) is 0 Å². The summed E-state index contributed by atoms with van der Waals surface area (Å²) in [5.41, 5.74) is 1.62. The predicted molar refractivity (Wildman–Crippen MR) is 95.8 cm³/mol. The van der Waals surface area contributed by atoms with Crippen molar-refractivity contribution >= 4 is 28.2 Å². The number of carbonyl (C=O) groups excluding carboxylic acids is 2. The topological polar surface area (TPSA) is 58.6 Å². The molecule has 1 aliphatic heterocycles. The molecule has 0 unspecified atom stereocenters. The second kappa shape index (κ2) is 8.12. The lowest BCUT2D eigenvalue weighted by molar-refractivity contribution is -0.117. The van der Waals surface area contributed by atoms with Gasteiger partial charge in [0, 0.05) is 0 Å². The van der Waals surface area contributed by atoms with Crippen molar-refractivity contribution in [1.82, 2.24) is 4.90 Å². The smallest absolute Gasteiger partial charge is 0.341 e. The number of anilines is 1. The highest BCUT2D eigenvalue weighted by atomic mass is 32.1. The largest absolute Gasteiger partial charge is 0.462 e. The third-order valence-corrected chi connectivity index (χ3v) is 5.55. The Balaban J connectivity index is 1.67. The zero-order chi connectivity index (χ0) is 16.9. The summed E-state index contributed by atoms with van der Waals surface area (Å²) in [6.45, 7) is 4.52. The van der Waals surface area contributed by atoms with E-state index in [-0.39, 0.29) is 11.9 Å². The number of carbonyl (C=O) groups is 2. The third-order valence-electron chi connectivity index (χ3n) is 4.64. The average Bonchev–Trinajstić information content (AvgIpc) is 3.34. The van der Waals surface area contributed by atoms with Crippen LogP contribution in [0, 0.1) is 0 Å². The predicted octanol–water partition coefficient (Wildman–Crippen LogP) is 3.62. The summed E-state index contributed by atoms with van der Waals surface area (Å²) < 4.78 is 5.20. The number of rotatable bonds is 6. The number of likely N-dealkylation sites (tertiary alicyclic amines) is 1. The molecule has 1 saturated carbocycles. The Morgan fingerprint density at radius 1 is 1.25 bits per heavy atom.